The van der Waals surface area contributed by atoms with E-state index in [2.05, 4.69) is 42.5 Å². The smallest absolute Gasteiger partial charge is 0.231 e. The van der Waals surface area contributed by atoms with E-state index in [-0.39, 0.29) is 26.3 Å². The summed E-state index contributed by atoms with van der Waals surface area (Å²) in [7, 11) is 0. The van der Waals surface area contributed by atoms with Crippen molar-refractivity contribution in [2.45, 2.75) is 12.8 Å². The van der Waals surface area contributed by atoms with Crippen LogP contribution in [0.5, 0.6) is 11.5 Å². The summed E-state index contributed by atoms with van der Waals surface area (Å²) < 4.78 is 34.0. The Hall–Kier alpha value is -3.54. The van der Waals surface area contributed by atoms with Crippen LogP contribution in [0.25, 0.3) is 6.08 Å². The average molecular weight is 402 g/mol. The molecule has 0 saturated carbocycles. The molecule has 0 bridgehead atoms. The third-order valence-corrected chi connectivity index (χ3v) is 6.21. The number of fused-ring (bicyclic) bond motifs is 5. The van der Waals surface area contributed by atoms with Crippen molar-refractivity contribution in [1.29, 1.82) is 0 Å². The highest BCUT2D eigenvalue weighted by atomic mass is 16.7. The van der Waals surface area contributed by atoms with Gasteiger partial charge in [0.15, 0.2) is 28.8 Å². The number of hydrogen-bond acceptors (Lipinski definition) is 6. The predicted molar refractivity (Wildman–Crippen MR) is 106 cm³/mol. The maximum absolute atomic E-state index is 5.68. The normalized spacial score (nSPS) is 28.3. The zero-order valence-corrected chi connectivity index (χ0v) is 16.1. The monoisotopic (exact) mass is 402 g/mol. The number of ether oxygens (including phenoxy) is 6. The van der Waals surface area contributed by atoms with Crippen LogP contribution in [0, 0.1) is 5.92 Å². The van der Waals surface area contributed by atoms with Gasteiger partial charge in [-0.05, 0) is 64.6 Å². The molecule has 1 aromatic carbocycles. The van der Waals surface area contributed by atoms with Gasteiger partial charge < -0.3 is 28.4 Å². The Balaban J connectivity index is 1.44. The summed E-state index contributed by atoms with van der Waals surface area (Å²) in [6.07, 6.45) is 12.3. The zero-order chi connectivity index (χ0) is 19.7. The molecule has 150 valence electrons. The van der Waals surface area contributed by atoms with E-state index in [9.17, 15) is 0 Å². The van der Waals surface area contributed by atoms with Gasteiger partial charge in [-0.2, -0.15) is 0 Å². The lowest BCUT2D eigenvalue weighted by Crippen LogP contribution is -2.11. The van der Waals surface area contributed by atoms with E-state index in [0.717, 1.165) is 52.1 Å². The Bertz CT molecular complexity index is 1180. The maximum Gasteiger partial charge on any atom is 0.231 e. The summed E-state index contributed by atoms with van der Waals surface area (Å²) >= 11 is 0. The third-order valence-electron chi connectivity index (χ3n) is 6.21. The molecule has 7 rings (SSSR count). The molecule has 0 aromatic heterocycles. The van der Waals surface area contributed by atoms with E-state index in [1.807, 2.05) is 0 Å². The lowest BCUT2D eigenvalue weighted by atomic mass is 9.85. The second-order valence-electron chi connectivity index (χ2n) is 7.95. The second kappa shape index (κ2) is 5.98. The van der Waals surface area contributed by atoms with Crippen molar-refractivity contribution in [3.05, 3.63) is 87.3 Å². The van der Waals surface area contributed by atoms with Crippen molar-refractivity contribution in [3.8, 4) is 11.5 Å². The fourth-order valence-corrected chi connectivity index (χ4v) is 4.67. The molecule has 0 spiro atoms. The van der Waals surface area contributed by atoms with Crippen molar-refractivity contribution >= 4 is 6.08 Å². The molecule has 1 atom stereocenters. The molecular weight excluding hydrogens is 384 g/mol. The molecule has 1 saturated heterocycles. The van der Waals surface area contributed by atoms with Gasteiger partial charge >= 0.3 is 0 Å². The van der Waals surface area contributed by atoms with Crippen LogP contribution in [0.1, 0.15) is 17.5 Å². The molecule has 1 unspecified atom stereocenters. The Morgan fingerprint density at radius 3 is 2.53 bits per heavy atom. The van der Waals surface area contributed by atoms with Gasteiger partial charge in [0.2, 0.25) is 20.4 Å². The quantitative estimate of drug-likeness (QED) is 0.647. The molecule has 1 aromatic rings. The second-order valence-corrected chi connectivity index (χ2v) is 7.95. The topological polar surface area (TPSA) is 55.4 Å². The molecule has 0 radical (unpaired) electrons. The van der Waals surface area contributed by atoms with Crippen LogP contribution in [-0.2, 0) is 25.4 Å². The van der Waals surface area contributed by atoms with E-state index in [0.29, 0.717) is 6.42 Å². The van der Waals surface area contributed by atoms with Gasteiger partial charge in [-0.15, -0.1) is 0 Å². The Morgan fingerprint density at radius 1 is 0.733 bits per heavy atom. The highest BCUT2D eigenvalue weighted by molar-refractivity contribution is 5.70. The van der Waals surface area contributed by atoms with Crippen LogP contribution in [0.3, 0.4) is 0 Å². The molecular formula is C24H18O6. The highest BCUT2D eigenvalue weighted by Crippen LogP contribution is 2.43. The molecule has 0 amide bonds. The minimum Gasteiger partial charge on any atom is -0.458 e. The summed E-state index contributed by atoms with van der Waals surface area (Å²) in [6, 6.07) is 4.18. The standard InChI is InChI=1S/C24H18O6/c1-13-4-19-21(27-10-25-19)6-15(13)2-17-8-23-24(30-12-29-23)9-18(17)3-16-7-22-20(5-14(1)16)26-11-28-22/h1-2,4-5,7-9,16H,3,6,10-12H2/b14-1-,15-2-. The summed E-state index contributed by atoms with van der Waals surface area (Å²) in [5, 5.41) is 0. The molecule has 0 N–H and O–H groups in total. The van der Waals surface area contributed by atoms with Crippen molar-refractivity contribution < 1.29 is 28.4 Å². The van der Waals surface area contributed by atoms with Crippen molar-refractivity contribution in [2.24, 2.45) is 5.92 Å². The molecule has 30 heavy (non-hydrogen) atoms. The van der Waals surface area contributed by atoms with Gasteiger partial charge in [0.1, 0.15) is 5.76 Å². The van der Waals surface area contributed by atoms with E-state index < -0.39 is 0 Å². The number of allylic oxidation sites excluding steroid dienone is 7. The first-order valence-corrected chi connectivity index (χ1v) is 10.1. The average Bonchev–Trinajstić information content (AvgIpc) is 3.48. The third kappa shape index (κ3) is 2.43. The van der Waals surface area contributed by atoms with Gasteiger partial charge in [0.25, 0.3) is 0 Å². The Morgan fingerprint density at radius 2 is 1.57 bits per heavy atom. The van der Waals surface area contributed by atoms with E-state index in [1.165, 1.54) is 16.7 Å². The van der Waals surface area contributed by atoms with E-state index >= 15 is 0 Å². The van der Waals surface area contributed by atoms with Gasteiger partial charge in [0.05, 0.1) is 0 Å². The number of hydrogen-bond donors (Lipinski definition) is 0. The summed E-state index contributed by atoms with van der Waals surface area (Å²) in [4.78, 5) is 0. The van der Waals surface area contributed by atoms with Crippen LogP contribution >= 0.6 is 0 Å². The summed E-state index contributed by atoms with van der Waals surface area (Å²) in [5.74, 6) is 5.07. The van der Waals surface area contributed by atoms with Crippen LogP contribution < -0.4 is 9.47 Å². The van der Waals surface area contributed by atoms with Gasteiger partial charge in [0, 0.05) is 12.3 Å². The fraction of sp³-hybridized carbons (Fsp3) is 0.250. The molecule has 6 heteroatoms. The Labute approximate surface area is 173 Å². The van der Waals surface area contributed by atoms with Crippen LogP contribution in [0.2, 0.25) is 0 Å². The highest BCUT2D eigenvalue weighted by Gasteiger charge is 2.31. The molecule has 6 nitrogen and oxygen atoms in total. The minimum atomic E-state index is 0.161. The zero-order valence-electron chi connectivity index (χ0n) is 16.1. The van der Waals surface area contributed by atoms with E-state index in [4.69, 9.17) is 28.4 Å². The largest absolute Gasteiger partial charge is 0.458 e. The van der Waals surface area contributed by atoms with Gasteiger partial charge in [-0.1, -0.05) is 12.2 Å². The summed E-state index contributed by atoms with van der Waals surface area (Å²) in [5.41, 5.74) is 5.83. The first-order valence-electron chi connectivity index (χ1n) is 10.1. The van der Waals surface area contributed by atoms with Crippen molar-refractivity contribution in [1.82, 2.24) is 0 Å². The summed E-state index contributed by atoms with van der Waals surface area (Å²) in [6.45, 7) is 0.803. The molecule has 6 aliphatic rings. The molecule has 3 heterocycles. The van der Waals surface area contributed by atoms with Crippen LogP contribution in [0.15, 0.2) is 76.2 Å². The number of benzene rings is 1. The lowest BCUT2D eigenvalue weighted by molar-refractivity contribution is 0.0736. The van der Waals surface area contributed by atoms with Gasteiger partial charge in [-0.3, -0.25) is 0 Å². The number of rotatable bonds is 0. The maximum atomic E-state index is 5.68. The van der Waals surface area contributed by atoms with E-state index in [1.54, 1.807) is 0 Å². The van der Waals surface area contributed by atoms with Crippen molar-refractivity contribution in [2.75, 3.05) is 20.4 Å². The molecule has 1 fully saturated rings. The first-order chi connectivity index (χ1) is 14.8. The van der Waals surface area contributed by atoms with Crippen molar-refractivity contribution in [3.63, 3.8) is 0 Å². The Kier molecular flexibility index (Phi) is 3.25. The fourth-order valence-electron chi connectivity index (χ4n) is 4.67. The molecule has 3 aliphatic heterocycles. The molecule has 3 aliphatic carbocycles. The first kappa shape index (κ1) is 16.3. The predicted octanol–water partition coefficient (Wildman–Crippen LogP) is 4.23. The van der Waals surface area contributed by atoms with Crippen LogP contribution in [0.4, 0.5) is 0 Å². The van der Waals surface area contributed by atoms with Gasteiger partial charge in [-0.25, -0.2) is 0 Å². The minimum absolute atomic E-state index is 0.161. The lowest BCUT2D eigenvalue weighted by Gasteiger charge is -2.21. The van der Waals surface area contributed by atoms with Crippen LogP contribution in [-0.4, -0.2) is 20.4 Å². The SMILES string of the molecule is C1=C2OCOC2=CC2Cc3cc4c(cc3/C=C3/CC5=C(C=C3/C=C/12)OCO5)OCO4.